The number of hydrogen-bond acceptors (Lipinski definition) is 2. The van der Waals surface area contributed by atoms with Crippen molar-refractivity contribution in [1.29, 1.82) is 0 Å². The summed E-state index contributed by atoms with van der Waals surface area (Å²) >= 11 is 3.48. The molecule has 1 aromatic carbocycles. The van der Waals surface area contributed by atoms with Gasteiger partial charge >= 0.3 is 0 Å². The van der Waals surface area contributed by atoms with Crippen molar-refractivity contribution in [2.24, 2.45) is 0 Å². The van der Waals surface area contributed by atoms with E-state index in [9.17, 15) is 0 Å². The zero-order chi connectivity index (χ0) is 9.97. The van der Waals surface area contributed by atoms with Gasteiger partial charge in [0.2, 0.25) is 0 Å². The second kappa shape index (κ2) is 4.32. The van der Waals surface area contributed by atoms with Crippen LogP contribution in [-0.2, 0) is 4.74 Å². The van der Waals surface area contributed by atoms with Gasteiger partial charge in [-0.3, -0.25) is 0 Å². The molecule has 0 unspecified atom stereocenters. The third-order valence-corrected chi connectivity index (χ3v) is 2.74. The molecule has 14 heavy (non-hydrogen) atoms. The van der Waals surface area contributed by atoms with Crippen LogP contribution < -0.4 is 4.74 Å². The van der Waals surface area contributed by atoms with Gasteiger partial charge in [-0.25, -0.2) is 0 Å². The van der Waals surface area contributed by atoms with Crippen molar-refractivity contribution in [3.63, 3.8) is 0 Å². The van der Waals surface area contributed by atoms with Crippen molar-refractivity contribution in [2.45, 2.75) is 18.8 Å². The lowest BCUT2D eigenvalue weighted by molar-refractivity contribution is 0.0510. The lowest BCUT2D eigenvalue weighted by Gasteiger charge is -2.07. The number of methoxy groups -OCH3 is 1. The standard InChI is InChI=1S/C11H13BrO2/c1-13-7-14-11-5-9(8-2-3-8)4-10(12)6-11/h4-6,8H,2-3,7H2,1H3. The Hall–Kier alpha value is -0.540. The zero-order valence-electron chi connectivity index (χ0n) is 8.13. The molecule has 2 nitrogen and oxygen atoms in total. The average Bonchev–Trinajstić information content (AvgIpc) is 2.97. The summed E-state index contributed by atoms with van der Waals surface area (Å²) in [6.07, 6.45) is 2.61. The molecule has 0 aromatic heterocycles. The Morgan fingerprint density at radius 1 is 1.36 bits per heavy atom. The third-order valence-electron chi connectivity index (χ3n) is 2.29. The summed E-state index contributed by atoms with van der Waals surface area (Å²) in [7, 11) is 1.62. The normalized spacial score (nSPS) is 15.6. The van der Waals surface area contributed by atoms with E-state index in [4.69, 9.17) is 9.47 Å². The monoisotopic (exact) mass is 256 g/mol. The number of ether oxygens (including phenoxy) is 2. The van der Waals surface area contributed by atoms with Gasteiger partial charge in [0.05, 0.1) is 0 Å². The highest BCUT2D eigenvalue weighted by atomic mass is 79.9. The van der Waals surface area contributed by atoms with Gasteiger partial charge in [-0.15, -0.1) is 0 Å². The van der Waals surface area contributed by atoms with Crippen LogP contribution in [0.3, 0.4) is 0 Å². The molecule has 0 atom stereocenters. The van der Waals surface area contributed by atoms with E-state index in [1.165, 1.54) is 18.4 Å². The first kappa shape index (κ1) is 9.99. The summed E-state index contributed by atoms with van der Waals surface area (Å²) in [6, 6.07) is 6.23. The van der Waals surface area contributed by atoms with E-state index in [1.807, 2.05) is 6.07 Å². The van der Waals surface area contributed by atoms with Gasteiger partial charge in [-0.1, -0.05) is 15.9 Å². The molecule has 1 saturated carbocycles. The van der Waals surface area contributed by atoms with E-state index in [0.717, 1.165) is 16.1 Å². The predicted molar refractivity (Wildman–Crippen MR) is 58.6 cm³/mol. The number of benzene rings is 1. The summed E-state index contributed by atoms with van der Waals surface area (Å²) in [5.41, 5.74) is 1.37. The molecule has 0 spiro atoms. The summed E-state index contributed by atoms with van der Waals surface area (Å²) in [5, 5.41) is 0. The van der Waals surface area contributed by atoms with Crippen molar-refractivity contribution >= 4 is 15.9 Å². The van der Waals surface area contributed by atoms with Gasteiger partial charge in [0.15, 0.2) is 6.79 Å². The van der Waals surface area contributed by atoms with Crippen LogP contribution in [-0.4, -0.2) is 13.9 Å². The van der Waals surface area contributed by atoms with Gasteiger partial charge in [0.25, 0.3) is 0 Å². The summed E-state index contributed by atoms with van der Waals surface area (Å²) in [4.78, 5) is 0. The van der Waals surface area contributed by atoms with Crippen LogP contribution in [0.4, 0.5) is 0 Å². The van der Waals surface area contributed by atoms with Crippen LogP contribution in [0.5, 0.6) is 5.75 Å². The first-order valence-corrected chi connectivity index (χ1v) is 5.51. The molecular weight excluding hydrogens is 244 g/mol. The molecule has 1 aliphatic rings. The van der Waals surface area contributed by atoms with Gasteiger partial charge in [-0.2, -0.15) is 0 Å². The van der Waals surface area contributed by atoms with E-state index < -0.39 is 0 Å². The lowest BCUT2D eigenvalue weighted by atomic mass is 10.1. The highest BCUT2D eigenvalue weighted by molar-refractivity contribution is 9.10. The first-order chi connectivity index (χ1) is 6.79. The molecule has 0 saturated heterocycles. The topological polar surface area (TPSA) is 18.5 Å². The molecule has 2 rings (SSSR count). The average molecular weight is 257 g/mol. The highest BCUT2D eigenvalue weighted by Gasteiger charge is 2.24. The molecule has 1 aromatic rings. The van der Waals surface area contributed by atoms with Crippen LogP contribution in [0, 0.1) is 0 Å². The molecule has 0 amide bonds. The maximum absolute atomic E-state index is 5.40. The van der Waals surface area contributed by atoms with Crippen LogP contribution >= 0.6 is 15.9 Å². The van der Waals surface area contributed by atoms with Crippen LogP contribution in [0.2, 0.25) is 0 Å². The molecule has 1 fully saturated rings. The molecule has 3 heteroatoms. The van der Waals surface area contributed by atoms with Crippen LogP contribution in [0.1, 0.15) is 24.3 Å². The quantitative estimate of drug-likeness (QED) is 0.770. The highest BCUT2D eigenvalue weighted by Crippen LogP contribution is 2.42. The fourth-order valence-electron chi connectivity index (χ4n) is 1.45. The number of rotatable bonds is 4. The van der Waals surface area contributed by atoms with Gasteiger partial charge in [0.1, 0.15) is 5.75 Å². The molecule has 1 aliphatic carbocycles. The maximum atomic E-state index is 5.40. The molecule has 0 heterocycles. The van der Waals surface area contributed by atoms with Gasteiger partial charge in [0, 0.05) is 11.6 Å². The smallest absolute Gasteiger partial charge is 0.188 e. The Morgan fingerprint density at radius 2 is 2.14 bits per heavy atom. The fourth-order valence-corrected chi connectivity index (χ4v) is 1.94. The molecular formula is C11H13BrO2. The van der Waals surface area contributed by atoms with Crippen LogP contribution in [0.25, 0.3) is 0 Å². The second-order valence-corrected chi connectivity index (χ2v) is 4.46. The van der Waals surface area contributed by atoms with Crippen molar-refractivity contribution in [3.05, 3.63) is 28.2 Å². The van der Waals surface area contributed by atoms with Crippen molar-refractivity contribution in [3.8, 4) is 5.75 Å². The number of halogens is 1. The molecule has 0 aliphatic heterocycles. The Kier molecular flexibility index (Phi) is 3.08. The van der Waals surface area contributed by atoms with Crippen molar-refractivity contribution in [2.75, 3.05) is 13.9 Å². The minimum absolute atomic E-state index is 0.306. The van der Waals surface area contributed by atoms with Gasteiger partial charge in [-0.05, 0) is 42.5 Å². The van der Waals surface area contributed by atoms with Crippen LogP contribution in [0.15, 0.2) is 22.7 Å². The summed E-state index contributed by atoms with van der Waals surface area (Å²) in [5.74, 6) is 1.63. The molecule has 0 N–H and O–H groups in total. The first-order valence-electron chi connectivity index (χ1n) is 4.72. The second-order valence-electron chi connectivity index (χ2n) is 3.55. The van der Waals surface area contributed by atoms with E-state index in [-0.39, 0.29) is 0 Å². The van der Waals surface area contributed by atoms with Crippen molar-refractivity contribution < 1.29 is 9.47 Å². The summed E-state index contributed by atoms with van der Waals surface area (Å²) in [6.45, 7) is 0.306. The van der Waals surface area contributed by atoms with Crippen molar-refractivity contribution in [1.82, 2.24) is 0 Å². The molecule has 0 bridgehead atoms. The molecule has 76 valence electrons. The zero-order valence-corrected chi connectivity index (χ0v) is 9.71. The van der Waals surface area contributed by atoms with Gasteiger partial charge < -0.3 is 9.47 Å². The number of hydrogen-bond donors (Lipinski definition) is 0. The summed E-state index contributed by atoms with van der Waals surface area (Å²) < 4.78 is 11.3. The van der Waals surface area contributed by atoms with E-state index >= 15 is 0 Å². The predicted octanol–water partition coefficient (Wildman–Crippen LogP) is 3.31. The largest absolute Gasteiger partial charge is 0.468 e. The third kappa shape index (κ3) is 2.49. The lowest BCUT2D eigenvalue weighted by Crippen LogP contribution is -1.99. The minimum atomic E-state index is 0.306. The minimum Gasteiger partial charge on any atom is -0.468 e. The fraction of sp³-hybridized carbons (Fsp3) is 0.455. The SMILES string of the molecule is COCOc1cc(Br)cc(C2CC2)c1. The Bertz CT molecular complexity index is 321. The molecule has 0 radical (unpaired) electrons. The maximum Gasteiger partial charge on any atom is 0.188 e. The van der Waals surface area contributed by atoms with E-state index in [1.54, 1.807) is 7.11 Å². The Balaban J connectivity index is 2.13. The Labute approximate surface area is 92.3 Å². The van der Waals surface area contributed by atoms with E-state index in [0.29, 0.717) is 6.79 Å². The Morgan fingerprint density at radius 3 is 2.79 bits per heavy atom. The van der Waals surface area contributed by atoms with E-state index in [2.05, 4.69) is 28.1 Å².